The van der Waals surface area contributed by atoms with Crippen LogP contribution in [0.15, 0.2) is 0 Å². The van der Waals surface area contributed by atoms with Crippen LogP contribution < -0.4 is 0 Å². The Morgan fingerprint density at radius 1 is 1.00 bits per heavy atom. The fourth-order valence-electron chi connectivity index (χ4n) is 2.84. The SMILES string of the molecule is CO[C@@H]1CCCC[C@H]1N1CCCC1. The molecular formula is C11H21NO. The van der Waals surface area contributed by atoms with E-state index < -0.39 is 0 Å². The zero-order chi connectivity index (χ0) is 9.10. The van der Waals surface area contributed by atoms with E-state index in [0.717, 1.165) is 6.04 Å². The van der Waals surface area contributed by atoms with Gasteiger partial charge in [0.15, 0.2) is 0 Å². The first-order valence-electron chi connectivity index (χ1n) is 5.68. The average Bonchev–Trinajstić information content (AvgIpc) is 2.70. The molecule has 0 bridgehead atoms. The third-order valence-electron chi connectivity index (χ3n) is 3.58. The minimum atomic E-state index is 0.520. The van der Waals surface area contributed by atoms with Crippen LogP contribution in [0.2, 0.25) is 0 Å². The molecule has 0 unspecified atom stereocenters. The van der Waals surface area contributed by atoms with Gasteiger partial charge in [0.05, 0.1) is 6.10 Å². The van der Waals surface area contributed by atoms with Gasteiger partial charge in [-0.3, -0.25) is 4.90 Å². The Hall–Kier alpha value is -0.0800. The molecule has 0 amide bonds. The van der Waals surface area contributed by atoms with Crippen molar-refractivity contribution in [3.05, 3.63) is 0 Å². The van der Waals surface area contributed by atoms with Crippen LogP contribution in [0.3, 0.4) is 0 Å². The molecule has 0 spiro atoms. The number of hydrogen-bond donors (Lipinski definition) is 0. The normalized spacial score (nSPS) is 36.7. The van der Waals surface area contributed by atoms with Gasteiger partial charge in [-0.15, -0.1) is 0 Å². The summed E-state index contributed by atoms with van der Waals surface area (Å²) in [5, 5.41) is 0. The second-order valence-corrected chi connectivity index (χ2v) is 4.37. The zero-order valence-electron chi connectivity index (χ0n) is 8.67. The van der Waals surface area contributed by atoms with Crippen LogP contribution in [0, 0.1) is 0 Å². The standard InChI is InChI=1S/C11H21NO/c1-13-11-7-3-2-6-10(11)12-8-4-5-9-12/h10-11H,2-9H2,1H3/t10-,11-/m1/s1. The van der Waals surface area contributed by atoms with Crippen LogP contribution in [0.25, 0.3) is 0 Å². The van der Waals surface area contributed by atoms with E-state index in [1.807, 2.05) is 7.11 Å². The lowest BCUT2D eigenvalue weighted by molar-refractivity contribution is -0.00275. The zero-order valence-corrected chi connectivity index (χ0v) is 8.67. The molecule has 0 aromatic rings. The van der Waals surface area contributed by atoms with Crippen molar-refractivity contribution < 1.29 is 4.74 Å². The van der Waals surface area contributed by atoms with Gasteiger partial charge in [-0.1, -0.05) is 12.8 Å². The summed E-state index contributed by atoms with van der Waals surface area (Å²) in [5.74, 6) is 0. The Bertz CT molecular complexity index is 152. The van der Waals surface area contributed by atoms with E-state index in [4.69, 9.17) is 4.74 Å². The Labute approximate surface area is 81.3 Å². The smallest absolute Gasteiger partial charge is 0.0726 e. The minimum absolute atomic E-state index is 0.520. The van der Waals surface area contributed by atoms with Crippen LogP contribution in [0.4, 0.5) is 0 Å². The highest BCUT2D eigenvalue weighted by Gasteiger charge is 2.31. The highest BCUT2D eigenvalue weighted by Crippen LogP contribution is 2.27. The Morgan fingerprint density at radius 2 is 1.69 bits per heavy atom. The molecule has 0 N–H and O–H groups in total. The van der Waals surface area contributed by atoms with E-state index in [9.17, 15) is 0 Å². The molecule has 0 aromatic carbocycles. The second kappa shape index (κ2) is 4.43. The first kappa shape index (κ1) is 9.47. The molecule has 2 atom stereocenters. The van der Waals surface area contributed by atoms with Crippen molar-refractivity contribution in [2.24, 2.45) is 0 Å². The van der Waals surface area contributed by atoms with Gasteiger partial charge in [0, 0.05) is 13.2 Å². The molecule has 1 saturated carbocycles. The third-order valence-corrected chi connectivity index (χ3v) is 3.58. The molecule has 1 heterocycles. The summed E-state index contributed by atoms with van der Waals surface area (Å²) in [5.41, 5.74) is 0. The van der Waals surface area contributed by atoms with Crippen molar-refractivity contribution in [2.45, 2.75) is 50.7 Å². The number of rotatable bonds is 2. The summed E-state index contributed by atoms with van der Waals surface area (Å²) >= 11 is 0. The lowest BCUT2D eigenvalue weighted by atomic mass is 9.91. The van der Waals surface area contributed by atoms with Crippen LogP contribution in [0.5, 0.6) is 0 Å². The number of hydrogen-bond acceptors (Lipinski definition) is 2. The first-order valence-corrected chi connectivity index (χ1v) is 5.68. The van der Waals surface area contributed by atoms with E-state index in [2.05, 4.69) is 4.90 Å². The van der Waals surface area contributed by atoms with Gasteiger partial charge in [0.2, 0.25) is 0 Å². The first-order chi connectivity index (χ1) is 6.42. The molecule has 1 aliphatic heterocycles. The van der Waals surface area contributed by atoms with Crippen molar-refractivity contribution in [3.63, 3.8) is 0 Å². The maximum atomic E-state index is 5.57. The highest BCUT2D eigenvalue weighted by molar-refractivity contribution is 4.86. The quantitative estimate of drug-likeness (QED) is 0.649. The summed E-state index contributed by atoms with van der Waals surface area (Å²) in [6, 6.07) is 0.737. The van der Waals surface area contributed by atoms with Crippen LogP contribution in [-0.2, 0) is 4.74 Å². The number of likely N-dealkylation sites (tertiary alicyclic amines) is 1. The van der Waals surface area contributed by atoms with E-state index in [1.165, 1.54) is 51.6 Å². The minimum Gasteiger partial charge on any atom is -0.380 e. The highest BCUT2D eigenvalue weighted by atomic mass is 16.5. The molecule has 13 heavy (non-hydrogen) atoms. The average molecular weight is 183 g/mol. The van der Waals surface area contributed by atoms with Crippen LogP contribution >= 0.6 is 0 Å². The maximum absolute atomic E-state index is 5.57. The summed E-state index contributed by atoms with van der Waals surface area (Å²) in [6.07, 6.45) is 8.71. The lowest BCUT2D eigenvalue weighted by Gasteiger charge is -2.36. The van der Waals surface area contributed by atoms with Gasteiger partial charge in [0.25, 0.3) is 0 Å². The van der Waals surface area contributed by atoms with Crippen molar-refractivity contribution in [1.82, 2.24) is 4.90 Å². The molecular weight excluding hydrogens is 162 g/mol. The Kier molecular flexibility index (Phi) is 3.23. The molecule has 76 valence electrons. The molecule has 2 heteroatoms. The maximum Gasteiger partial charge on any atom is 0.0726 e. The van der Waals surface area contributed by atoms with Gasteiger partial charge in [-0.25, -0.2) is 0 Å². The monoisotopic (exact) mass is 183 g/mol. The second-order valence-electron chi connectivity index (χ2n) is 4.37. The van der Waals surface area contributed by atoms with E-state index in [1.54, 1.807) is 0 Å². The van der Waals surface area contributed by atoms with E-state index in [-0.39, 0.29) is 0 Å². The Balaban J connectivity index is 1.93. The van der Waals surface area contributed by atoms with Gasteiger partial charge < -0.3 is 4.74 Å². The van der Waals surface area contributed by atoms with Crippen LogP contribution in [0.1, 0.15) is 38.5 Å². The van der Waals surface area contributed by atoms with Gasteiger partial charge in [-0.2, -0.15) is 0 Å². The molecule has 2 rings (SSSR count). The fraction of sp³-hybridized carbons (Fsp3) is 1.00. The third kappa shape index (κ3) is 2.05. The number of ether oxygens (including phenoxy) is 1. The Morgan fingerprint density at radius 3 is 2.38 bits per heavy atom. The summed E-state index contributed by atoms with van der Waals surface area (Å²) in [7, 11) is 1.87. The van der Waals surface area contributed by atoms with Gasteiger partial charge in [-0.05, 0) is 38.8 Å². The largest absolute Gasteiger partial charge is 0.380 e. The molecule has 2 nitrogen and oxygen atoms in total. The molecule has 1 saturated heterocycles. The van der Waals surface area contributed by atoms with Crippen molar-refractivity contribution in [1.29, 1.82) is 0 Å². The lowest BCUT2D eigenvalue weighted by Crippen LogP contribution is -2.44. The van der Waals surface area contributed by atoms with Crippen molar-refractivity contribution in [2.75, 3.05) is 20.2 Å². The van der Waals surface area contributed by atoms with E-state index >= 15 is 0 Å². The fourth-order valence-corrected chi connectivity index (χ4v) is 2.84. The molecule has 2 aliphatic rings. The topological polar surface area (TPSA) is 12.5 Å². The van der Waals surface area contributed by atoms with Crippen molar-refractivity contribution in [3.8, 4) is 0 Å². The molecule has 2 fully saturated rings. The molecule has 0 aromatic heterocycles. The number of nitrogens with zero attached hydrogens (tertiary/aromatic N) is 1. The van der Waals surface area contributed by atoms with Gasteiger partial charge >= 0.3 is 0 Å². The summed E-state index contributed by atoms with van der Waals surface area (Å²) in [6.45, 7) is 2.62. The predicted molar refractivity (Wildman–Crippen MR) is 53.9 cm³/mol. The predicted octanol–water partition coefficient (Wildman–Crippen LogP) is 2.04. The summed E-state index contributed by atoms with van der Waals surface area (Å²) in [4.78, 5) is 2.65. The molecule has 1 aliphatic carbocycles. The number of methoxy groups -OCH3 is 1. The van der Waals surface area contributed by atoms with Gasteiger partial charge in [0.1, 0.15) is 0 Å². The van der Waals surface area contributed by atoms with Crippen LogP contribution in [-0.4, -0.2) is 37.2 Å². The van der Waals surface area contributed by atoms with Crippen molar-refractivity contribution >= 4 is 0 Å². The summed E-state index contributed by atoms with van der Waals surface area (Å²) < 4.78 is 5.57. The molecule has 0 radical (unpaired) electrons. The van der Waals surface area contributed by atoms with E-state index in [0.29, 0.717) is 6.10 Å².